The highest BCUT2D eigenvalue weighted by Gasteiger charge is 2.21. The Hall–Kier alpha value is -3.09. The van der Waals surface area contributed by atoms with Gasteiger partial charge in [-0.2, -0.15) is 0 Å². The van der Waals surface area contributed by atoms with Crippen LogP contribution in [0.15, 0.2) is 25.8 Å². The van der Waals surface area contributed by atoms with Crippen molar-refractivity contribution in [2.24, 2.45) is 0 Å². The monoisotopic (exact) mass is 382 g/mol. The lowest BCUT2D eigenvalue weighted by molar-refractivity contribution is -0.307. The fourth-order valence-electron chi connectivity index (χ4n) is 3.86. The largest absolute Gasteiger partial charge is 0.548 e. The molecule has 2 aromatic heterocycles. The number of fused-ring (bicyclic) bond motifs is 4. The first-order valence-electron chi connectivity index (χ1n) is 9.36. The molecule has 1 aliphatic carbocycles. The quantitative estimate of drug-likeness (QED) is 0.685. The van der Waals surface area contributed by atoms with Crippen LogP contribution in [0.25, 0.3) is 21.9 Å². The molecule has 146 valence electrons. The summed E-state index contributed by atoms with van der Waals surface area (Å²) >= 11 is 0. The molecule has 2 heterocycles. The van der Waals surface area contributed by atoms with E-state index in [9.17, 15) is 19.5 Å². The van der Waals surface area contributed by atoms with Crippen molar-refractivity contribution >= 4 is 33.8 Å². The predicted octanol–water partition coefficient (Wildman–Crippen LogP) is 1.52. The van der Waals surface area contributed by atoms with E-state index in [0.717, 1.165) is 42.2 Å². The zero-order valence-electron chi connectivity index (χ0n) is 15.7. The Morgan fingerprint density at radius 1 is 1.14 bits per heavy atom. The van der Waals surface area contributed by atoms with Crippen molar-refractivity contribution in [2.45, 2.75) is 52.0 Å². The standard InChI is InChI=1S/C21H21NO6/c1-10-13-7-15-12-5-3-4-6-16(12)27-18(15)9-17(13)28-21(26)14(10)8-19(23)22-11(2)20(24)25/h7,9,11H,3-6,8H2,1-2H3,(H,22,23)(H,24,25)/p-1/t11-/m1/s1. The smallest absolute Gasteiger partial charge is 0.340 e. The van der Waals surface area contributed by atoms with E-state index in [4.69, 9.17) is 8.83 Å². The minimum atomic E-state index is -1.39. The Kier molecular flexibility index (Phi) is 4.45. The second kappa shape index (κ2) is 6.82. The molecule has 28 heavy (non-hydrogen) atoms. The van der Waals surface area contributed by atoms with Crippen LogP contribution in [-0.4, -0.2) is 17.9 Å². The third-order valence-corrected chi connectivity index (χ3v) is 5.43. The average Bonchev–Trinajstić information content (AvgIpc) is 3.01. The lowest BCUT2D eigenvalue weighted by Gasteiger charge is -2.15. The first kappa shape index (κ1) is 18.3. The minimum Gasteiger partial charge on any atom is -0.548 e. The van der Waals surface area contributed by atoms with Gasteiger partial charge in [0.1, 0.15) is 16.9 Å². The molecular formula is C21H20NO6-. The van der Waals surface area contributed by atoms with Crippen LogP contribution in [0.2, 0.25) is 0 Å². The highest BCUT2D eigenvalue weighted by molar-refractivity contribution is 5.97. The van der Waals surface area contributed by atoms with Gasteiger partial charge in [0.05, 0.1) is 24.0 Å². The number of hydrogen-bond acceptors (Lipinski definition) is 6. The summed E-state index contributed by atoms with van der Waals surface area (Å²) in [6.07, 6.45) is 3.82. The Bertz CT molecular complexity index is 1170. The second-order valence-electron chi connectivity index (χ2n) is 7.33. The zero-order valence-corrected chi connectivity index (χ0v) is 15.7. The Morgan fingerprint density at radius 2 is 1.86 bits per heavy atom. The summed E-state index contributed by atoms with van der Waals surface area (Å²) in [4.78, 5) is 35.4. The normalized spacial score (nSPS) is 14.8. The molecule has 0 fully saturated rings. The van der Waals surface area contributed by atoms with Gasteiger partial charge in [-0.3, -0.25) is 4.79 Å². The number of benzene rings is 1. The number of carbonyl (C=O) groups excluding carboxylic acids is 2. The van der Waals surface area contributed by atoms with Crippen LogP contribution >= 0.6 is 0 Å². The molecule has 0 bridgehead atoms. The summed E-state index contributed by atoms with van der Waals surface area (Å²) in [5.74, 6) is -0.969. The topological polar surface area (TPSA) is 113 Å². The number of rotatable bonds is 4. The van der Waals surface area contributed by atoms with Crippen LogP contribution in [0.3, 0.4) is 0 Å². The van der Waals surface area contributed by atoms with E-state index in [0.29, 0.717) is 16.7 Å². The van der Waals surface area contributed by atoms with E-state index in [1.54, 1.807) is 13.0 Å². The van der Waals surface area contributed by atoms with E-state index < -0.39 is 23.5 Å². The van der Waals surface area contributed by atoms with Crippen LogP contribution < -0.4 is 16.0 Å². The third-order valence-electron chi connectivity index (χ3n) is 5.43. The fraction of sp³-hybridized carbons (Fsp3) is 0.381. The van der Waals surface area contributed by atoms with Gasteiger partial charge in [-0.15, -0.1) is 0 Å². The second-order valence-corrected chi connectivity index (χ2v) is 7.33. The van der Waals surface area contributed by atoms with Crippen molar-refractivity contribution in [2.75, 3.05) is 0 Å². The molecule has 4 rings (SSSR count). The molecule has 0 spiro atoms. The molecule has 0 unspecified atom stereocenters. The molecule has 0 radical (unpaired) electrons. The first-order chi connectivity index (χ1) is 13.3. The maximum atomic E-state index is 12.4. The molecule has 1 atom stereocenters. The number of carboxylic acids is 1. The summed E-state index contributed by atoms with van der Waals surface area (Å²) < 4.78 is 11.4. The Balaban J connectivity index is 1.78. The highest BCUT2D eigenvalue weighted by Crippen LogP contribution is 2.35. The van der Waals surface area contributed by atoms with Crippen LogP contribution in [0.4, 0.5) is 0 Å². The molecule has 7 heteroatoms. The van der Waals surface area contributed by atoms with Crippen molar-refractivity contribution < 1.29 is 23.5 Å². The summed E-state index contributed by atoms with van der Waals surface area (Å²) in [5, 5.41) is 14.9. The van der Waals surface area contributed by atoms with Gasteiger partial charge in [-0.25, -0.2) is 4.79 Å². The number of amides is 1. The Morgan fingerprint density at radius 3 is 2.61 bits per heavy atom. The zero-order chi connectivity index (χ0) is 20.0. The minimum absolute atomic E-state index is 0.215. The van der Waals surface area contributed by atoms with E-state index in [2.05, 4.69) is 5.32 Å². The first-order valence-corrected chi connectivity index (χ1v) is 9.36. The average molecular weight is 382 g/mol. The van der Waals surface area contributed by atoms with Gasteiger partial charge in [0.2, 0.25) is 5.91 Å². The van der Waals surface area contributed by atoms with Crippen molar-refractivity contribution in [1.29, 1.82) is 0 Å². The molecule has 0 aliphatic heterocycles. The predicted molar refractivity (Wildman–Crippen MR) is 100.0 cm³/mol. The van der Waals surface area contributed by atoms with E-state index in [1.165, 1.54) is 12.5 Å². The molecule has 1 aromatic carbocycles. The molecule has 1 N–H and O–H groups in total. The molecular weight excluding hydrogens is 362 g/mol. The summed E-state index contributed by atoms with van der Waals surface area (Å²) in [5.41, 5.74) is 2.57. The van der Waals surface area contributed by atoms with Crippen LogP contribution in [0.5, 0.6) is 0 Å². The van der Waals surface area contributed by atoms with Gasteiger partial charge in [-0.1, -0.05) is 0 Å². The molecule has 7 nitrogen and oxygen atoms in total. The van der Waals surface area contributed by atoms with Crippen molar-refractivity contribution in [3.05, 3.63) is 45.0 Å². The van der Waals surface area contributed by atoms with Gasteiger partial charge >= 0.3 is 5.63 Å². The number of carboxylic acid groups (broad SMARTS) is 1. The van der Waals surface area contributed by atoms with Gasteiger partial charge in [0.25, 0.3) is 0 Å². The molecule has 1 aliphatic rings. The van der Waals surface area contributed by atoms with Crippen LogP contribution in [-0.2, 0) is 28.9 Å². The van der Waals surface area contributed by atoms with E-state index >= 15 is 0 Å². The van der Waals surface area contributed by atoms with Gasteiger partial charge < -0.3 is 24.1 Å². The lowest BCUT2D eigenvalue weighted by Crippen LogP contribution is -2.46. The maximum Gasteiger partial charge on any atom is 0.340 e. The highest BCUT2D eigenvalue weighted by atomic mass is 16.4. The number of carbonyl (C=O) groups is 2. The van der Waals surface area contributed by atoms with Crippen molar-refractivity contribution in [1.82, 2.24) is 5.32 Å². The lowest BCUT2D eigenvalue weighted by atomic mass is 9.94. The molecule has 0 saturated heterocycles. The summed E-state index contributed by atoms with van der Waals surface area (Å²) in [6.45, 7) is 3.07. The van der Waals surface area contributed by atoms with Gasteiger partial charge in [-0.05, 0) is 44.7 Å². The number of nitrogens with one attached hydrogen (secondary N) is 1. The van der Waals surface area contributed by atoms with Crippen molar-refractivity contribution in [3.63, 3.8) is 0 Å². The molecule has 3 aromatic rings. The van der Waals surface area contributed by atoms with E-state index in [-0.39, 0.29) is 12.0 Å². The fourth-order valence-corrected chi connectivity index (χ4v) is 3.86. The van der Waals surface area contributed by atoms with Gasteiger partial charge in [0, 0.05) is 28.8 Å². The van der Waals surface area contributed by atoms with Crippen LogP contribution in [0.1, 0.15) is 42.2 Å². The molecule has 1 amide bonds. The van der Waals surface area contributed by atoms with E-state index in [1.807, 2.05) is 6.07 Å². The number of aliphatic carboxylic acids is 1. The number of furan rings is 1. The van der Waals surface area contributed by atoms with Crippen LogP contribution in [0, 0.1) is 6.92 Å². The Labute approximate surface area is 160 Å². The summed E-state index contributed by atoms with van der Waals surface area (Å²) in [7, 11) is 0. The SMILES string of the molecule is Cc1c(CC(=O)N[C@H](C)C(=O)[O-])c(=O)oc2cc3oc4c(c3cc12)CCCC4. The maximum absolute atomic E-state index is 12.4. The number of aryl methyl sites for hydroxylation is 3. The van der Waals surface area contributed by atoms with Crippen molar-refractivity contribution in [3.8, 4) is 0 Å². The third kappa shape index (κ3) is 3.06. The number of hydrogen-bond donors (Lipinski definition) is 1. The molecule has 0 saturated carbocycles. The van der Waals surface area contributed by atoms with Gasteiger partial charge in [0.15, 0.2) is 0 Å². The summed E-state index contributed by atoms with van der Waals surface area (Å²) in [6, 6.07) is 2.55.